The Labute approximate surface area is 106 Å². The van der Waals surface area contributed by atoms with Crippen molar-refractivity contribution in [3.05, 3.63) is 27.7 Å². The van der Waals surface area contributed by atoms with Crippen molar-refractivity contribution in [2.75, 3.05) is 6.61 Å². The van der Waals surface area contributed by atoms with Gasteiger partial charge in [0.1, 0.15) is 5.75 Å². The molecule has 0 aromatic heterocycles. The second kappa shape index (κ2) is 5.26. The maximum Gasteiger partial charge on any atom is 0.142 e. The minimum absolute atomic E-state index is 0.388. The van der Waals surface area contributed by atoms with Gasteiger partial charge in [-0.2, -0.15) is 0 Å². The number of halogens is 2. The molecule has 4 heteroatoms. The molecule has 0 unspecified atom stereocenters. The second-order valence-electron chi connectivity index (χ2n) is 4.16. The number of rotatable bonds is 5. The van der Waals surface area contributed by atoms with Gasteiger partial charge in [0.2, 0.25) is 0 Å². The minimum Gasteiger partial charge on any atom is -0.492 e. The maximum absolute atomic E-state index is 6.08. The molecule has 0 spiro atoms. The molecule has 0 atom stereocenters. The predicted molar refractivity (Wildman–Crippen MR) is 67.2 cm³/mol. The first-order valence-corrected chi connectivity index (χ1v) is 6.27. The van der Waals surface area contributed by atoms with E-state index in [1.54, 1.807) is 12.1 Å². The van der Waals surface area contributed by atoms with Gasteiger partial charge < -0.3 is 10.5 Å². The van der Waals surface area contributed by atoms with E-state index >= 15 is 0 Å². The van der Waals surface area contributed by atoms with Gasteiger partial charge in [-0.25, -0.2) is 0 Å². The van der Waals surface area contributed by atoms with E-state index in [2.05, 4.69) is 0 Å². The van der Waals surface area contributed by atoms with Crippen molar-refractivity contribution >= 4 is 23.2 Å². The molecule has 0 radical (unpaired) electrons. The lowest BCUT2D eigenvalue weighted by Crippen LogP contribution is -2.05. The van der Waals surface area contributed by atoms with Gasteiger partial charge in [-0.05, 0) is 24.5 Å². The lowest BCUT2D eigenvalue weighted by atomic mass is 10.2. The zero-order chi connectivity index (χ0) is 11.5. The van der Waals surface area contributed by atoms with Gasteiger partial charge in [0, 0.05) is 17.1 Å². The lowest BCUT2D eigenvalue weighted by molar-refractivity contribution is 0.300. The monoisotopic (exact) mass is 259 g/mol. The first-order chi connectivity index (χ1) is 7.70. The zero-order valence-electron chi connectivity index (χ0n) is 9.01. The molecule has 2 nitrogen and oxygen atoms in total. The zero-order valence-corrected chi connectivity index (χ0v) is 10.5. The molecule has 88 valence electrons. The first kappa shape index (κ1) is 12.0. The lowest BCUT2D eigenvalue weighted by Gasteiger charge is -2.12. The van der Waals surface area contributed by atoms with Gasteiger partial charge in [-0.1, -0.05) is 36.0 Å². The molecule has 2 N–H and O–H groups in total. The Bertz CT molecular complexity index is 378. The van der Waals surface area contributed by atoms with Crippen molar-refractivity contribution in [2.24, 2.45) is 11.7 Å². The minimum atomic E-state index is 0.388. The van der Waals surface area contributed by atoms with Crippen LogP contribution in [0.25, 0.3) is 0 Å². The maximum atomic E-state index is 6.08. The van der Waals surface area contributed by atoms with Crippen LogP contribution < -0.4 is 10.5 Å². The van der Waals surface area contributed by atoms with Crippen LogP contribution in [-0.2, 0) is 6.54 Å². The Morgan fingerprint density at radius 2 is 2.06 bits per heavy atom. The molecule has 0 saturated heterocycles. The van der Waals surface area contributed by atoms with E-state index in [0.29, 0.717) is 28.9 Å². The van der Waals surface area contributed by atoms with E-state index < -0.39 is 0 Å². The Morgan fingerprint density at radius 1 is 1.31 bits per heavy atom. The van der Waals surface area contributed by atoms with Crippen LogP contribution in [0, 0.1) is 5.92 Å². The summed E-state index contributed by atoms with van der Waals surface area (Å²) in [6.45, 7) is 1.10. The van der Waals surface area contributed by atoms with Crippen molar-refractivity contribution < 1.29 is 4.74 Å². The Hall–Kier alpha value is -0.440. The van der Waals surface area contributed by atoms with Crippen molar-refractivity contribution in [3.63, 3.8) is 0 Å². The number of benzene rings is 1. The fourth-order valence-electron chi connectivity index (χ4n) is 1.66. The summed E-state index contributed by atoms with van der Waals surface area (Å²) in [7, 11) is 0. The highest BCUT2D eigenvalue weighted by Crippen LogP contribution is 2.35. The number of hydrogen-bond donors (Lipinski definition) is 1. The number of nitrogens with two attached hydrogens (primary N) is 1. The summed E-state index contributed by atoms with van der Waals surface area (Å²) >= 11 is 12.0. The quantitative estimate of drug-likeness (QED) is 0.877. The smallest absolute Gasteiger partial charge is 0.142 e. The first-order valence-electron chi connectivity index (χ1n) is 5.51. The molecule has 1 aromatic rings. The highest BCUT2D eigenvalue weighted by atomic mass is 35.5. The topological polar surface area (TPSA) is 35.2 Å². The average molecular weight is 260 g/mol. The highest BCUT2D eigenvalue weighted by Gasteiger charge is 2.21. The van der Waals surface area contributed by atoms with Crippen LogP contribution in [0.1, 0.15) is 24.8 Å². The third-order valence-electron chi connectivity index (χ3n) is 2.77. The molecule has 16 heavy (non-hydrogen) atoms. The molecule has 0 bridgehead atoms. The molecule has 1 saturated carbocycles. The van der Waals surface area contributed by atoms with E-state index in [-0.39, 0.29) is 0 Å². The van der Waals surface area contributed by atoms with E-state index in [1.165, 1.54) is 12.8 Å². The summed E-state index contributed by atoms with van der Waals surface area (Å²) in [5.74, 6) is 1.54. The molecule has 1 aliphatic rings. The third-order valence-corrected chi connectivity index (χ3v) is 3.27. The van der Waals surface area contributed by atoms with Crippen LogP contribution in [-0.4, -0.2) is 6.61 Å². The van der Waals surface area contributed by atoms with E-state index in [0.717, 1.165) is 17.9 Å². The fourth-order valence-corrected chi connectivity index (χ4v) is 2.25. The molecule has 1 aromatic carbocycles. The number of ether oxygens (including phenoxy) is 1. The van der Waals surface area contributed by atoms with Gasteiger partial charge in [-0.3, -0.25) is 0 Å². The molecular weight excluding hydrogens is 245 g/mol. The fraction of sp³-hybridized carbons (Fsp3) is 0.500. The van der Waals surface area contributed by atoms with Crippen LogP contribution in [0.3, 0.4) is 0 Å². The molecule has 1 aliphatic carbocycles. The summed E-state index contributed by atoms with van der Waals surface area (Å²) in [5.41, 5.74) is 6.50. The van der Waals surface area contributed by atoms with Gasteiger partial charge in [-0.15, -0.1) is 0 Å². The molecular formula is C12H15Cl2NO. The van der Waals surface area contributed by atoms with Gasteiger partial charge in [0.15, 0.2) is 0 Å². The van der Waals surface area contributed by atoms with Crippen LogP contribution in [0.2, 0.25) is 10.0 Å². The molecule has 2 rings (SSSR count). The molecule has 0 aliphatic heterocycles. The molecule has 1 fully saturated rings. The summed E-state index contributed by atoms with van der Waals surface area (Å²) < 4.78 is 5.69. The summed E-state index contributed by atoms with van der Waals surface area (Å²) in [4.78, 5) is 0. The Morgan fingerprint density at radius 3 is 2.69 bits per heavy atom. The summed E-state index contributed by atoms with van der Waals surface area (Å²) in [6, 6.07) is 3.49. The standard InChI is InChI=1S/C12H15Cl2NO/c13-10-5-9(7-15)12(11(14)6-10)16-4-3-8-1-2-8/h5-6,8H,1-4,7,15H2. The van der Waals surface area contributed by atoms with Crippen LogP contribution in [0.15, 0.2) is 12.1 Å². The van der Waals surface area contributed by atoms with E-state index in [1.807, 2.05) is 0 Å². The largest absolute Gasteiger partial charge is 0.492 e. The highest BCUT2D eigenvalue weighted by molar-refractivity contribution is 6.35. The van der Waals surface area contributed by atoms with E-state index in [9.17, 15) is 0 Å². The average Bonchev–Trinajstić information content (AvgIpc) is 3.04. The van der Waals surface area contributed by atoms with Crippen LogP contribution in [0.5, 0.6) is 5.75 Å². The Kier molecular flexibility index (Phi) is 3.95. The van der Waals surface area contributed by atoms with E-state index in [4.69, 9.17) is 33.7 Å². The summed E-state index contributed by atoms with van der Waals surface area (Å²) in [5, 5.41) is 1.14. The molecule has 0 heterocycles. The number of hydrogen-bond acceptors (Lipinski definition) is 2. The third kappa shape index (κ3) is 3.03. The van der Waals surface area contributed by atoms with Gasteiger partial charge >= 0.3 is 0 Å². The van der Waals surface area contributed by atoms with Crippen molar-refractivity contribution in [2.45, 2.75) is 25.8 Å². The van der Waals surface area contributed by atoms with Crippen molar-refractivity contribution in [3.8, 4) is 5.75 Å². The SMILES string of the molecule is NCc1cc(Cl)cc(Cl)c1OCCC1CC1. The predicted octanol–water partition coefficient (Wildman–Crippen LogP) is 3.63. The van der Waals surface area contributed by atoms with Crippen LogP contribution in [0.4, 0.5) is 0 Å². The second-order valence-corrected chi connectivity index (χ2v) is 5.00. The normalized spacial score (nSPS) is 15.2. The Balaban J connectivity index is 2.04. The molecule has 0 amide bonds. The van der Waals surface area contributed by atoms with Gasteiger partial charge in [0.05, 0.1) is 11.6 Å². The summed E-state index contributed by atoms with van der Waals surface area (Å²) in [6.07, 6.45) is 3.77. The van der Waals surface area contributed by atoms with Gasteiger partial charge in [0.25, 0.3) is 0 Å². The van der Waals surface area contributed by atoms with Crippen molar-refractivity contribution in [1.82, 2.24) is 0 Å². The van der Waals surface area contributed by atoms with Crippen LogP contribution >= 0.6 is 23.2 Å². The van der Waals surface area contributed by atoms with Crippen molar-refractivity contribution in [1.29, 1.82) is 0 Å².